The number of fused-ring (bicyclic) bond motifs is 1. The van der Waals surface area contributed by atoms with Crippen LogP contribution in [0.1, 0.15) is 22.7 Å². The molecule has 2 aromatic carbocycles. The van der Waals surface area contributed by atoms with Crippen molar-refractivity contribution in [3.05, 3.63) is 65.0 Å². The Balaban J connectivity index is 1.39. The van der Waals surface area contributed by atoms with Crippen LogP contribution in [0.25, 0.3) is 0 Å². The maximum absolute atomic E-state index is 13.0. The number of morpholine rings is 1. The van der Waals surface area contributed by atoms with Gasteiger partial charge < -0.3 is 20.3 Å². The van der Waals surface area contributed by atoms with Gasteiger partial charge in [0.1, 0.15) is 5.82 Å². The Bertz CT molecular complexity index is 960. The Labute approximate surface area is 187 Å². The van der Waals surface area contributed by atoms with Gasteiger partial charge in [-0.2, -0.15) is 0 Å². The summed E-state index contributed by atoms with van der Waals surface area (Å²) < 4.78 is 18.5. The van der Waals surface area contributed by atoms with Crippen molar-refractivity contribution in [2.45, 2.75) is 19.0 Å². The second-order valence-electron chi connectivity index (χ2n) is 8.24. The first-order valence-electron chi connectivity index (χ1n) is 11.0. The highest BCUT2D eigenvalue weighted by atomic mass is 19.1. The molecule has 0 bridgehead atoms. The van der Waals surface area contributed by atoms with Gasteiger partial charge in [0.15, 0.2) is 0 Å². The highest BCUT2D eigenvalue weighted by Gasteiger charge is 2.26. The zero-order valence-electron chi connectivity index (χ0n) is 18.3. The zero-order chi connectivity index (χ0) is 22.5. The monoisotopic (exact) mass is 440 g/mol. The summed E-state index contributed by atoms with van der Waals surface area (Å²) in [4.78, 5) is 29.2. The average Bonchev–Trinajstić information content (AvgIpc) is 3.19. The van der Waals surface area contributed by atoms with Crippen molar-refractivity contribution in [2.75, 3.05) is 51.3 Å². The molecule has 2 aliphatic heterocycles. The Morgan fingerprint density at radius 2 is 1.75 bits per heavy atom. The summed E-state index contributed by atoms with van der Waals surface area (Å²) in [7, 11) is 2.09. The molecule has 2 amide bonds. The number of ether oxygens (including phenoxy) is 1. The van der Waals surface area contributed by atoms with Crippen molar-refractivity contribution in [1.82, 2.24) is 15.5 Å². The van der Waals surface area contributed by atoms with Crippen LogP contribution in [-0.2, 0) is 27.3 Å². The van der Waals surface area contributed by atoms with Crippen LogP contribution in [-0.4, -0.2) is 63.2 Å². The minimum atomic E-state index is -0.703. The minimum absolute atomic E-state index is 0.0380. The van der Waals surface area contributed by atoms with Gasteiger partial charge in [-0.15, -0.1) is 0 Å². The largest absolute Gasteiger partial charge is 0.379 e. The number of nitrogens with one attached hydrogen (secondary N) is 2. The third-order valence-electron chi connectivity index (χ3n) is 6.13. The molecule has 32 heavy (non-hydrogen) atoms. The number of amides is 2. The van der Waals surface area contributed by atoms with Gasteiger partial charge in [0.25, 0.3) is 0 Å². The van der Waals surface area contributed by atoms with E-state index in [1.807, 2.05) is 0 Å². The van der Waals surface area contributed by atoms with Crippen LogP contribution in [0, 0.1) is 5.82 Å². The van der Waals surface area contributed by atoms with E-state index in [4.69, 9.17) is 4.74 Å². The number of halogens is 1. The van der Waals surface area contributed by atoms with Crippen molar-refractivity contribution < 1.29 is 18.7 Å². The summed E-state index contributed by atoms with van der Waals surface area (Å²) in [5, 5.41) is 5.38. The van der Waals surface area contributed by atoms with E-state index in [0.717, 1.165) is 37.2 Å². The molecule has 2 aromatic rings. The van der Waals surface area contributed by atoms with Crippen LogP contribution in [0.2, 0.25) is 0 Å². The van der Waals surface area contributed by atoms with Crippen LogP contribution >= 0.6 is 0 Å². The molecular formula is C24H29FN4O3. The van der Waals surface area contributed by atoms with Gasteiger partial charge in [0.2, 0.25) is 0 Å². The Morgan fingerprint density at radius 1 is 1.03 bits per heavy atom. The first-order chi connectivity index (χ1) is 15.5. The maximum Gasteiger partial charge on any atom is 0.309 e. The molecule has 0 spiro atoms. The van der Waals surface area contributed by atoms with Crippen molar-refractivity contribution in [3.63, 3.8) is 0 Å². The number of carbonyl (C=O) groups is 2. The van der Waals surface area contributed by atoms with Crippen LogP contribution in [0.15, 0.2) is 42.5 Å². The average molecular weight is 441 g/mol. The fourth-order valence-corrected chi connectivity index (χ4v) is 4.28. The second-order valence-corrected chi connectivity index (χ2v) is 8.24. The number of anilines is 1. The smallest absolute Gasteiger partial charge is 0.309 e. The fraction of sp³-hybridized carbons (Fsp3) is 0.417. The van der Waals surface area contributed by atoms with Crippen molar-refractivity contribution in [1.29, 1.82) is 0 Å². The van der Waals surface area contributed by atoms with Crippen LogP contribution in [0.5, 0.6) is 0 Å². The first kappa shape index (κ1) is 22.2. The Morgan fingerprint density at radius 3 is 2.50 bits per heavy atom. The van der Waals surface area contributed by atoms with Crippen LogP contribution in [0.4, 0.5) is 10.1 Å². The highest BCUT2D eigenvalue weighted by Crippen LogP contribution is 2.31. The van der Waals surface area contributed by atoms with E-state index in [1.54, 1.807) is 12.1 Å². The van der Waals surface area contributed by atoms with Gasteiger partial charge in [-0.05, 0) is 41.3 Å². The highest BCUT2D eigenvalue weighted by molar-refractivity contribution is 6.35. The molecule has 1 saturated heterocycles. The lowest BCUT2D eigenvalue weighted by Gasteiger charge is -2.35. The lowest BCUT2D eigenvalue weighted by Crippen LogP contribution is -2.46. The van der Waals surface area contributed by atoms with E-state index in [9.17, 15) is 14.0 Å². The zero-order valence-corrected chi connectivity index (χ0v) is 18.3. The maximum atomic E-state index is 13.0. The van der Waals surface area contributed by atoms with E-state index in [-0.39, 0.29) is 18.4 Å². The second kappa shape index (κ2) is 10.1. The molecular weight excluding hydrogens is 411 g/mol. The third-order valence-corrected chi connectivity index (χ3v) is 6.13. The number of likely N-dealkylation sites (N-methyl/N-ethyl adjacent to an activating group) is 1. The molecule has 0 unspecified atom stereocenters. The molecule has 0 radical (unpaired) electrons. The third kappa shape index (κ3) is 5.26. The number of hydrogen-bond donors (Lipinski definition) is 2. The molecule has 2 N–H and O–H groups in total. The molecule has 1 fully saturated rings. The molecule has 4 rings (SSSR count). The molecule has 2 aliphatic rings. The number of nitrogens with zero attached hydrogens (tertiary/aromatic N) is 2. The summed E-state index contributed by atoms with van der Waals surface area (Å²) >= 11 is 0. The minimum Gasteiger partial charge on any atom is -0.379 e. The van der Waals surface area contributed by atoms with Crippen LogP contribution < -0.4 is 15.5 Å². The lowest BCUT2D eigenvalue weighted by atomic mass is 10.0. The van der Waals surface area contributed by atoms with E-state index in [2.05, 4.69) is 45.7 Å². The molecule has 0 aliphatic carbocycles. The molecule has 0 saturated carbocycles. The van der Waals surface area contributed by atoms with Gasteiger partial charge in [-0.1, -0.05) is 24.3 Å². The first-order valence-corrected chi connectivity index (χ1v) is 11.0. The molecule has 1 atom stereocenters. The predicted octanol–water partition coefficient (Wildman–Crippen LogP) is 1.62. The number of carbonyl (C=O) groups excluding carboxylic acids is 2. The van der Waals surface area contributed by atoms with Crippen molar-refractivity contribution >= 4 is 17.5 Å². The van der Waals surface area contributed by atoms with E-state index in [1.165, 1.54) is 23.4 Å². The predicted molar refractivity (Wildman–Crippen MR) is 120 cm³/mol. The molecule has 7 nitrogen and oxygen atoms in total. The number of benzene rings is 2. The summed E-state index contributed by atoms with van der Waals surface area (Å²) in [5.41, 5.74) is 4.42. The van der Waals surface area contributed by atoms with E-state index < -0.39 is 11.8 Å². The molecule has 0 aromatic heterocycles. The van der Waals surface area contributed by atoms with Gasteiger partial charge in [0, 0.05) is 45.5 Å². The van der Waals surface area contributed by atoms with Gasteiger partial charge in [-0.3, -0.25) is 14.5 Å². The van der Waals surface area contributed by atoms with Gasteiger partial charge in [0.05, 0.1) is 19.3 Å². The molecule has 2 heterocycles. The number of hydrogen-bond acceptors (Lipinski definition) is 5. The quantitative estimate of drug-likeness (QED) is 0.668. The normalized spacial score (nSPS) is 17.0. The van der Waals surface area contributed by atoms with Crippen molar-refractivity contribution in [2.24, 2.45) is 0 Å². The summed E-state index contributed by atoms with van der Waals surface area (Å²) in [6, 6.07) is 12.2. The van der Waals surface area contributed by atoms with Crippen LogP contribution in [0.3, 0.4) is 0 Å². The molecule has 170 valence electrons. The Hall–Kier alpha value is -2.97. The van der Waals surface area contributed by atoms with Crippen molar-refractivity contribution in [3.8, 4) is 0 Å². The lowest BCUT2D eigenvalue weighted by molar-refractivity contribution is -0.139. The summed E-state index contributed by atoms with van der Waals surface area (Å²) in [5.74, 6) is -1.72. The van der Waals surface area contributed by atoms with Gasteiger partial charge >= 0.3 is 11.8 Å². The van der Waals surface area contributed by atoms with Gasteiger partial charge in [-0.25, -0.2) is 4.39 Å². The van der Waals surface area contributed by atoms with E-state index in [0.29, 0.717) is 19.8 Å². The SMILES string of the molecule is CN1CCc2cc([C@@H](CNC(=O)C(=O)NCc3ccc(F)cc3)N3CCOCC3)ccc21. The topological polar surface area (TPSA) is 73.9 Å². The Kier molecular flexibility index (Phi) is 7.02. The summed E-state index contributed by atoms with van der Waals surface area (Å²) in [6.07, 6.45) is 1.01. The molecule has 8 heteroatoms. The fourth-order valence-electron chi connectivity index (χ4n) is 4.28. The summed E-state index contributed by atoms with van der Waals surface area (Å²) in [6.45, 7) is 4.34. The van der Waals surface area contributed by atoms with E-state index >= 15 is 0 Å². The standard InChI is InChI=1S/C24H29FN4O3/c1-28-9-8-19-14-18(4-7-21(19)28)22(29-10-12-32-13-11-29)16-27-24(31)23(30)26-15-17-2-5-20(25)6-3-17/h2-7,14,22H,8-13,15-16H2,1H3,(H,26,30)(H,27,31)/t22-/m1/s1. The number of rotatable bonds is 6.